The lowest BCUT2D eigenvalue weighted by Crippen LogP contribution is -1.85. The Labute approximate surface area is 41.6 Å². The van der Waals surface area contributed by atoms with Gasteiger partial charge in [-0.3, -0.25) is 0 Å². The summed E-state index contributed by atoms with van der Waals surface area (Å²) in [5.41, 5.74) is 0. The van der Waals surface area contributed by atoms with Crippen LogP contribution in [0.3, 0.4) is 0 Å². The molecule has 0 N–H and O–H groups in total. The molecule has 1 aliphatic carbocycles. The van der Waals surface area contributed by atoms with E-state index in [0.717, 1.165) is 0 Å². The van der Waals surface area contributed by atoms with Gasteiger partial charge in [0.05, 0.1) is 0 Å². The predicted molar refractivity (Wildman–Crippen MR) is 31.9 cm³/mol. The fourth-order valence-electron chi connectivity index (χ4n) is 0.250. The zero-order chi connectivity index (χ0) is 2.83. The normalized spacial score (nSPS) is 16.0. The lowest BCUT2D eigenvalue weighted by atomic mass is 10.0. The summed E-state index contributed by atoms with van der Waals surface area (Å²) < 4.78 is 0. The summed E-state index contributed by atoms with van der Waals surface area (Å²) in [7, 11) is 0. The standard InChI is InChI=1S/C4H8.2CH4/c1-2-4-3-1;;/h1-4H2;2*1H4. The fourth-order valence-corrected chi connectivity index (χ4v) is 0.250. The molecule has 1 aliphatic rings. The van der Waals surface area contributed by atoms with E-state index in [4.69, 9.17) is 0 Å². The SMILES string of the molecule is C.C.C1CCC1. The highest BCUT2D eigenvalue weighted by Crippen LogP contribution is 2.15. The van der Waals surface area contributed by atoms with Crippen molar-refractivity contribution >= 4 is 0 Å². The molecule has 0 heteroatoms. The van der Waals surface area contributed by atoms with Gasteiger partial charge in [0.2, 0.25) is 0 Å². The molecule has 0 aromatic carbocycles. The van der Waals surface area contributed by atoms with E-state index in [1.54, 1.807) is 0 Å². The zero-order valence-electron chi connectivity index (χ0n) is 2.83. The molecule has 0 aromatic rings. The molecule has 1 saturated carbocycles. The van der Waals surface area contributed by atoms with Crippen LogP contribution >= 0.6 is 0 Å². The minimum absolute atomic E-state index is 0. The van der Waals surface area contributed by atoms with Crippen molar-refractivity contribution in [1.29, 1.82) is 0 Å². The summed E-state index contributed by atoms with van der Waals surface area (Å²) in [6.45, 7) is 0. The highest BCUT2D eigenvalue weighted by molar-refractivity contribution is 4.50. The first kappa shape index (κ1) is 9.38. The lowest BCUT2D eigenvalue weighted by molar-refractivity contribution is 0.504. The molecule has 1 rings (SSSR count). The van der Waals surface area contributed by atoms with Gasteiger partial charge in [0.25, 0.3) is 0 Å². The Bertz CT molecular complexity index is 8.00. The van der Waals surface area contributed by atoms with Crippen molar-refractivity contribution in [3.05, 3.63) is 0 Å². The smallest absolute Gasteiger partial charge is 0.0533 e. The van der Waals surface area contributed by atoms with Gasteiger partial charge in [-0.1, -0.05) is 40.5 Å². The number of hydrogen-bond donors (Lipinski definition) is 0. The number of rotatable bonds is 0. The van der Waals surface area contributed by atoms with Gasteiger partial charge in [-0.15, -0.1) is 0 Å². The quantitative estimate of drug-likeness (QED) is 0.427. The Morgan fingerprint density at radius 2 is 0.667 bits per heavy atom. The van der Waals surface area contributed by atoms with Crippen LogP contribution in [0.25, 0.3) is 0 Å². The zero-order valence-corrected chi connectivity index (χ0v) is 2.83. The van der Waals surface area contributed by atoms with Crippen molar-refractivity contribution in [3.63, 3.8) is 0 Å². The van der Waals surface area contributed by atoms with Crippen molar-refractivity contribution in [2.45, 2.75) is 40.5 Å². The van der Waals surface area contributed by atoms with Crippen molar-refractivity contribution in [2.75, 3.05) is 0 Å². The second-order valence-corrected chi connectivity index (χ2v) is 1.41. The van der Waals surface area contributed by atoms with Crippen molar-refractivity contribution in [3.8, 4) is 0 Å². The van der Waals surface area contributed by atoms with Crippen molar-refractivity contribution in [2.24, 2.45) is 0 Å². The maximum absolute atomic E-state index is 1.50. The maximum atomic E-state index is 1.50. The summed E-state index contributed by atoms with van der Waals surface area (Å²) in [4.78, 5) is 0. The molecule has 0 atom stereocenters. The summed E-state index contributed by atoms with van der Waals surface area (Å²) in [5, 5.41) is 0. The average molecular weight is 88.2 g/mol. The second-order valence-electron chi connectivity index (χ2n) is 1.41. The van der Waals surface area contributed by atoms with Crippen LogP contribution in [0.1, 0.15) is 40.5 Å². The van der Waals surface area contributed by atoms with Crippen molar-refractivity contribution in [1.82, 2.24) is 0 Å². The van der Waals surface area contributed by atoms with Crippen LogP contribution in [0, 0.1) is 0 Å². The van der Waals surface area contributed by atoms with E-state index < -0.39 is 0 Å². The predicted octanol–water partition coefficient (Wildman–Crippen LogP) is 2.83. The molecule has 0 nitrogen and oxygen atoms in total. The van der Waals surface area contributed by atoms with E-state index >= 15 is 0 Å². The topological polar surface area (TPSA) is 0 Å². The third-order valence-corrected chi connectivity index (χ3v) is 1.000. The summed E-state index contributed by atoms with van der Waals surface area (Å²) in [6.07, 6.45) is 6.00. The van der Waals surface area contributed by atoms with Crippen molar-refractivity contribution < 1.29 is 0 Å². The Morgan fingerprint density at radius 1 is 0.500 bits per heavy atom. The molecule has 0 bridgehead atoms. The van der Waals surface area contributed by atoms with Gasteiger partial charge >= 0.3 is 0 Å². The van der Waals surface area contributed by atoms with Crippen LogP contribution in [-0.4, -0.2) is 0 Å². The lowest BCUT2D eigenvalue weighted by Gasteiger charge is -2.05. The first-order valence-electron chi connectivity index (χ1n) is 2.00. The third-order valence-electron chi connectivity index (χ3n) is 1.000. The van der Waals surface area contributed by atoms with Crippen LogP contribution < -0.4 is 0 Å². The first-order valence-corrected chi connectivity index (χ1v) is 2.00. The van der Waals surface area contributed by atoms with Gasteiger partial charge in [-0.25, -0.2) is 0 Å². The molecule has 0 radical (unpaired) electrons. The fraction of sp³-hybridized carbons (Fsp3) is 1.00. The third kappa shape index (κ3) is 2.25. The minimum Gasteiger partial charge on any atom is -0.0776 e. The van der Waals surface area contributed by atoms with Gasteiger partial charge in [0.1, 0.15) is 0 Å². The Kier molecular flexibility index (Phi) is 7.81. The Hall–Kier alpha value is 0. The molecular formula is C6H16. The maximum Gasteiger partial charge on any atom is -0.0533 e. The molecular weight excluding hydrogens is 72.1 g/mol. The minimum atomic E-state index is 0. The molecule has 0 aliphatic heterocycles. The van der Waals surface area contributed by atoms with Gasteiger partial charge in [-0.05, 0) is 0 Å². The monoisotopic (exact) mass is 88.1 g/mol. The van der Waals surface area contributed by atoms with Gasteiger partial charge in [-0.2, -0.15) is 0 Å². The molecule has 6 heavy (non-hydrogen) atoms. The van der Waals surface area contributed by atoms with E-state index in [1.807, 2.05) is 0 Å². The highest BCUT2D eigenvalue weighted by atomic mass is 14.0. The molecule has 0 aromatic heterocycles. The van der Waals surface area contributed by atoms with E-state index in [1.165, 1.54) is 25.7 Å². The highest BCUT2D eigenvalue weighted by Gasteiger charge is 1.95. The molecule has 0 saturated heterocycles. The Balaban J connectivity index is 0. The average Bonchev–Trinajstić information content (AvgIpc) is 0.722. The van der Waals surface area contributed by atoms with Crippen LogP contribution in [-0.2, 0) is 0 Å². The molecule has 1 fully saturated rings. The van der Waals surface area contributed by atoms with E-state index in [9.17, 15) is 0 Å². The molecule has 0 unspecified atom stereocenters. The van der Waals surface area contributed by atoms with Crippen LogP contribution in [0.4, 0.5) is 0 Å². The number of hydrogen-bond acceptors (Lipinski definition) is 0. The summed E-state index contributed by atoms with van der Waals surface area (Å²) >= 11 is 0. The van der Waals surface area contributed by atoms with Crippen LogP contribution in [0.5, 0.6) is 0 Å². The van der Waals surface area contributed by atoms with Gasteiger partial charge < -0.3 is 0 Å². The van der Waals surface area contributed by atoms with E-state index in [0.29, 0.717) is 0 Å². The molecule has 40 valence electrons. The Morgan fingerprint density at radius 3 is 0.667 bits per heavy atom. The van der Waals surface area contributed by atoms with Crippen LogP contribution in [0.15, 0.2) is 0 Å². The molecule has 0 spiro atoms. The first-order chi connectivity index (χ1) is 2.00. The summed E-state index contributed by atoms with van der Waals surface area (Å²) in [6, 6.07) is 0. The summed E-state index contributed by atoms with van der Waals surface area (Å²) in [5.74, 6) is 0. The van der Waals surface area contributed by atoms with Gasteiger partial charge in [0, 0.05) is 0 Å². The molecule has 0 amide bonds. The second kappa shape index (κ2) is 5.00. The molecule has 0 heterocycles. The van der Waals surface area contributed by atoms with Crippen LogP contribution in [0.2, 0.25) is 0 Å². The van der Waals surface area contributed by atoms with E-state index in [2.05, 4.69) is 0 Å². The van der Waals surface area contributed by atoms with Gasteiger partial charge in [0.15, 0.2) is 0 Å². The van der Waals surface area contributed by atoms with E-state index in [-0.39, 0.29) is 14.9 Å². The largest absolute Gasteiger partial charge is 0.0776 e.